The van der Waals surface area contributed by atoms with Crippen molar-refractivity contribution in [3.8, 4) is 0 Å². The first-order valence-corrected chi connectivity index (χ1v) is 8.73. The van der Waals surface area contributed by atoms with Gasteiger partial charge in [0.05, 0.1) is 78.3 Å². The lowest BCUT2D eigenvalue weighted by atomic mass is 10.2. The predicted molar refractivity (Wildman–Crippen MR) is 93.7 cm³/mol. The molecule has 7 nitrogen and oxygen atoms in total. The van der Waals surface area contributed by atoms with Crippen molar-refractivity contribution in [3.05, 3.63) is 0 Å². The van der Waals surface area contributed by atoms with Gasteiger partial charge in [-0.05, 0) is 27.8 Å². The van der Waals surface area contributed by atoms with Crippen molar-refractivity contribution in [2.75, 3.05) is 86.3 Å². The standard InChI is InChI=1S/C17H37NO6/c1-17(2,3)24-16-15-23-14-13-22-12-11-21-10-9-20-8-7-19-6-5-18-4/h18H,5-16H2,1-4H3. The molecule has 1 N–H and O–H groups in total. The zero-order valence-corrected chi connectivity index (χ0v) is 15.9. The summed E-state index contributed by atoms with van der Waals surface area (Å²) in [6.45, 7) is 13.5. The molecule has 0 unspecified atom stereocenters. The van der Waals surface area contributed by atoms with Crippen LogP contribution in [0.5, 0.6) is 0 Å². The molecule has 0 atom stereocenters. The van der Waals surface area contributed by atoms with Crippen molar-refractivity contribution < 1.29 is 28.4 Å². The summed E-state index contributed by atoms with van der Waals surface area (Å²) in [5, 5.41) is 3.01. The molecule has 0 aromatic rings. The minimum absolute atomic E-state index is 0.111. The highest BCUT2D eigenvalue weighted by Gasteiger charge is 2.08. The summed E-state index contributed by atoms with van der Waals surface area (Å²) in [7, 11) is 1.90. The molecule has 146 valence electrons. The van der Waals surface area contributed by atoms with E-state index in [-0.39, 0.29) is 5.60 Å². The van der Waals surface area contributed by atoms with Crippen LogP contribution in [0, 0.1) is 0 Å². The van der Waals surface area contributed by atoms with Gasteiger partial charge in [-0.3, -0.25) is 0 Å². The molecule has 0 bridgehead atoms. The van der Waals surface area contributed by atoms with Crippen LogP contribution in [0.25, 0.3) is 0 Å². The topological polar surface area (TPSA) is 67.4 Å². The molecule has 0 aromatic heterocycles. The Balaban J connectivity index is 3.00. The van der Waals surface area contributed by atoms with Gasteiger partial charge in [-0.1, -0.05) is 0 Å². The Morgan fingerprint density at radius 1 is 0.542 bits per heavy atom. The Morgan fingerprint density at radius 2 is 0.875 bits per heavy atom. The van der Waals surface area contributed by atoms with Crippen molar-refractivity contribution in [1.82, 2.24) is 5.32 Å². The molecule has 0 saturated heterocycles. The molecule has 0 aliphatic rings. The molecule has 0 heterocycles. The Kier molecular flexibility index (Phi) is 17.3. The number of likely N-dealkylation sites (N-methyl/N-ethyl adjacent to an activating group) is 1. The fraction of sp³-hybridized carbons (Fsp3) is 1.00. The monoisotopic (exact) mass is 351 g/mol. The van der Waals surface area contributed by atoms with E-state index >= 15 is 0 Å². The maximum absolute atomic E-state index is 5.55. The second-order valence-electron chi connectivity index (χ2n) is 6.13. The van der Waals surface area contributed by atoms with E-state index in [1.807, 2.05) is 27.8 Å². The van der Waals surface area contributed by atoms with Gasteiger partial charge in [0.15, 0.2) is 0 Å². The minimum Gasteiger partial charge on any atom is -0.378 e. The van der Waals surface area contributed by atoms with E-state index in [1.165, 1.54) is 0 Å². The maximum Gasteiger partial charge on any atom is 0.0707 e. The van der Waals surface area contributed by atoms with Gasteiger partial charge in [0.25, 0.3) is 0 Å². The van der Waals surface area contributed by atoms with Crippen LogP contribution in [0.4, 0.5) is 0 Å². The Bertz CT molecular complexity index is 248. The molecule has 0 saturated carbocycles. The van der Waals surface area contributed by atoms with Gasteiger partial charge in [-0.25, -0.2) is 0 Å². The third-order valence-corrected chi connectivity index (χ3v) is 2.75. The SMILES string of the molecule is CNCCOCCOCCOCCOCCOCCOC(C)(C)C. The van der Waals surface area contributed by atoms with E-state index in [0.717, 1.165) is 6.54 Å². The fourth-order valence-electron chi connectivity index (χ4n) is 1.56. The van der Waals surface area contributed by atoms with Gasteiger partial charge in [-0.2, -0.15) is 0 Å². The third-order valence-electron chi connectivity index (χ3n) is 2.75. The molecule has 24 heavy (non-hydrogen) atoms. The summed E-state index contributed by atoms with van der Waals surface area (Å²) in [5.74, 6) is 0. The van der Waals surface area contributed by atoms with Crippen LogP contribution in [0.3, 0.4) is 0 Å². The number of hydrogen-bond donors (Lipinski definition) is 1. The molecule has 0 aromatic carbocycles. The van der Waals surface area contributed by atoms with Crippen LogP contribution in [0.15, 0.2) is 0 Å². The number of rotatable bonds is 18. The van der Waals surface area contributed by atoms with E-state index in [9.17, 15) is 0 Å². The first kappa shape index (κ1) is 23.7. The lowest BCUT2D eigenvalue weighted by molar-refractivity contribution is -0.0464. The lowest BCUT2D eigenvalue weighted by Gasteiger charge is -2.19. The van der Waals surface area contributed by atoms with Gasteiger partial charge in [0, 0.05) is 6.54 Å². The third kappa shape index (κ3) is 21.7. The first-order chi connectivity index (χ1) is 11.6. The summed E-state index contributed by atoms with van der Waals surface area (Å²) < 4.78 is 32.5. The molecule has 0 rings (SSSR count). The van der Waals surface area contributed by atoms with Crippen molar-refractivity contribution in [2.45, 2.75) is 26.4 Å². The Morgan fingerprint density at radius 3 is 1.21 bits per heavy atom. The number of ether oxygens (including phenoxy) is 6. The predicted octanol–water partition coefficient (Wildman–Crippen LogP) is 1.10. The van der Waals surface area contributed by atoms with Gasteiger partial charge < -0.3 is 33.7 Å². The summed E-state index contributed by atoms with van der Waals surface area (Å²) in [4.78, 5) is 0. The fourth-order valence-corrected chi connectivity index (χ4v) is 1.56. The van der Waals surface area contributed by atoms with E-state index in [1.54, 1.807) is 0 Å². The van der Waals surface area contributed by atoms with Crippen LogP contribution in [-0.4, -0.2) is 91.9 Å². The first-order valence-electron chi connectivity index (χ1n) is 8.73. The zero-order chi connectivity index (χ0) is 17.9. The summed E-state index contributed by atoms with van der Waals surface area (Å²) in [6.07, 6.45) is 0. The maximum atomic E-state index is 5.55. The second-order valence-corrected chi connectivity index (χ2v) is 6.13. The van der Waals surface area contributed by atoms with E-state index in [2.05, 4.69) is 5.32 Å². The van der Waals surface area contributed by atoms with Gasteiger partial charge in [0.2, 0.25) is 0 Å². The summed E-state index contributed by atoms with van der Waals surface area (Å²) in [6, 6.07) is 0. The van der Waals surface area contributed by atoms with Crippen LogP contribution in [0.1, 0.15) is 20.8 Å². The van der Waals surface area contributed by atoms with Crippen LogP contribution in [-0.2, 0) is 28.4 Å². The Labute approximate surface area is 147 Å². The molecule has 7 heteroatoms. The molecular formula is C17H37NO6. The number of hydrogen-bond acceptors (Lipinski definition) is 7. The second kappa shape index (κ2) is 17.5. The lowest BCUT2D eigenvalue weighted by Crippen LogP contribution is -2.22. The van der Waals surface area contributed by atoms with E-state index in [4.69, 9.17) is 28.4 Å². The summed E-state index contributed by atoms with van der Waals surface area (Å²) in [5.41, 5.74) is -0.111. The number of nitrogens with one attached hydrogen (secondary N) is 1. The minimum atomic E-state index is -0.111. The molecule has 0 spiro atoms. The molecule has 0 amide bonds. The van der Waals surface area contributed by atoms with Crippen LogP contribution in [0.2, 0.25) is 0 Å². The Hall–Kier alpha value is -0.280. The van der Waals surface area contributed by atoms with Gasteiger partial charge in [-0.15, -0.1) is 0 Å². The van der Waals surface area contributed by atoms with Crippen molar-refractivity contribution >= 4 is 0 Å². The normalized spacial score (nSPS) is 12.0. The quantitative estimate of drug-likeness (QED) is 0.371. The van der Waals surface area contributed by atoms with Crippen LogP contribution >= 0.6 is 0 Å². The highest BCUT2D eigenvalue weighted by atomic mass is 16.6. The van der Waals surface area contributed by atoms with E-state index in [0.29, 0.717) is 72.7 Å². The van der Waals surface area contributed by atoms with Crippen molar-refractivity contribution in [3.63, 3.8) is 0 Å². The van der Waals surface area contributed by atoms with Gasteiger partial charge in [0.1, 0.15) is 0 Å². The molecule has 0 fully saturated rings. The zero-order valence-electron chi connectivity index (χ0n) is 15.9. The largest absolute Gasteiger partial charge is 0.378 e. The molecule has 0 aliphatic heterocycles. The van der Waals surface area contributed by atoms with Crippen molar-refractivity contribution in [1.29, 1.82) is 0 Å². The molecular weight excluding hydrogens is 314 g/mol. The molecule has 0 aliphatic carbocycles. The average molecular weight is 351 g/mol. The smallest absolute Gasteiger partial charge is 0.0707 e. The van der Waals surface area contributed by atoms with E-state index < -0.39 is 0 Å². The van der Waals surface area contributed by atoms with Crippen LogP contribution < -0.4 is 5.32 Å². The van der Waals surface area contributed by atoms with Crippen molar-refractivity contribution in [2.24, 2.45) is 0 Å². The highest BCUT2D eigenvalue weighted by molar-refractivity contribution is 4.57. The summed E-state index contributed by atoms with van der Waals surface area (Å²) >= 11 is 0. The molecule has 0 radical (unpaired) electrons. The average Bonchev–Trinajstić information content (AvgIpc) is 2.52. The highest BCUT2D eigenvalue weighted by Crippen LogP contribution is 2.05. The van der Waals surface area contributed by atoms with Gasteiger partial charge >= 0.3 is 0 Å².